The first-order chi connectivity index (χ1) is 32.1. The van der Waals surface area contributed by atoms with Gasteiger partial charge in [0.05, 0.1) is 62.8 Å². The molecular formula is C41H75N5O20S2. The predicted octanol–water partition coefficient (Wildman–Crippen LogP) is -6.25. The van der Waals surface area contributed by atoms with Gasteiger partial charge in [0, 0.05) is 39.2 Å². The van der Waals surface area contributed by atoms with Crippen LogP contribution in [0.5, 0.6) is 0 Å². The molecule has 68 heavy (non-hydrogen) atoms. The van der Waals surface area contributed by atoms with Crippen molar-refractivity contribution in [2.24, 2.45) is 23.1 Å². The molecule has 5 saturated heterocycles. The number of Topliss-reactive ketones (excluding diaryl/α,β-unsaturated/α-hetero) is 1. The van der Waals surface area contributed by atoms with Crippen LogP contribution < -0.4 is 27.8 Å². The van der Waals surface area contributed by atoms with Crippen molar-refractivity contribution < 1.29 is 97.9 Å². The van der Waals surface area contributed by atoms with Crippen molar-refractivity contribution >= 4 is 47.1 Å². The molecule has 25 nitrogen and oxygen atoms in total. The molecule has 0 aromatic rings. The average Bonchev–Trinajstić information content (AvgIpc) is 3.71. The summed E-state index contributed by atoms with van der Waals surface area (Å²) in [4.78, 5) is 45.7. The molecule has 0 spiro atoms. The number of nitrogens with one attached hydrogen (secondary N) is 2. The Hall–Kier alpha value is -1.78. The molecule has 5 fully saturated rings. The minimum atomic E-state index is -1.38. The molecule has 0 aromatic carbocycles. The number of thiol groups is 1. The van der Waals surface area contributed by atoms with E-state index in [-0.39, 0.29) is 23.2 Å². The lowest BCUT2D eigenvalue weighted by Crippen LogP contribution is -2.68. The molecule has 0 saturated carbocycles. The summed E-state index contributed by atoms with van der Waals surface area (Å²) in [5, 5.41) is 85.8. The molecule has 5 heterocycles. The van der Waals surface area contributed by atoms with E-state index in [1.165, 1.54) is 39.8 Å². The topological polar surface area (TPSA) is 406 Å². The molecule has 0 aromatic heterocycles. The lowest BCUT2D eigenvalue weighted by Gasteiger charge is -2.47. The first-order valence-electron chi connectivity index (χ1n) is 22.4. The van der Waals surface area contributed by atoms with E-state index < -0.39 is 166 Å². The van der Waals surface area contributed by atoms with Crippen molar-refractivity contribution in [3.63, 3.8) is 0 Å². The van der Waals surface area contributed by atoms with Crippen LogP contribution in [0.2, 0.25) is 0 Å². The maximum absolute atomic E-state index is 12.8. The first kappa shape index (κ1) is 60.5. The zero-order chi connectivity index (χ0) is 51.2. The first-order valence-corrected chi connectivity index (χ1v) is 24.0. The summed E-state index contributed by atoms with van der Waals surface area (Å²) >= 11 is 5.46. The van der Waals surface area contributed by atoms with E-state index in [9.17, 15) is 60.0 Å². The number of rotatable bonds is 17. The van der Waals surface area contributed by atoms with E-state index in [0.29, 0.717) is 12.2 Å². The van der Waals surface area contributed by atoms with Gasteiger partial charge >= 0.3 is 0 Å². The molecule has 5 aliphatic rings. The molecule has 22 unspecified atom stereocenters. The summed E-state index contributed by atoms with van der Waals surface area (Å²) in [6.07, 6.45) is -14.4. The zero-order valence-corrected chi connectivity index (χ0v) is 40.8. The monoisotopic (exact) mass is 1020 g/mol. The molecule has 5 rings (SSSR count). The number of hydrogen-bond donors (Lipinski definition) is 14. The van der Waals surface area contributed by atoms with E-state index >= 15 is 0 Å². The molecule has 5 aliphatic heterocycles. The van der Waals surface area contributed by atoms with Crippen LogP contribution in [-0.2, 0) is 57.1 Å². The van der Waals surface area contributed by atoms with Gasteiger partial charge in [-0.05, 0) is 39.4 Å². The Morgan fingerprint density at radius 1 is 0.721 bits per heavy atom. The summed E-state index contributed by atoms with van der Waals surface area (Å²) in [6.45, 7) is 4.30. The fourth-order valence-corrected chi connectivity index (χ4v) is 9.72. The maximum atomic E-state index is 12.8. The van der Waals surface area contributed by atoms with Gasteiger partial charge in [0.1, 0.15) is 85.1 Å². The number of thioether (sulfide) groups is 1. The summed E-state index contributed by atoms with van der Waals surface area (Å²) in [5.41, 5.74) is 17.9. The number of methoxy groups -OCH3 is 2. The van der Waals surface area contributed by atoms with Crippen molar-refractivity contribution in [2.45, 2.75) is 175 Å². The largest absolute Gasteiger partial charge is 0.394 e. The number of ether oxygens (including phenoxy) is 8. The number of ketones is 1. The van der Waals surface area contributed by atoms with Crippen LogP contribution in [0.15, 0.2) is 0 Å². The van der Waals surface area contributed by atoms with Crippen LogP contribution in [0.4, 0.5) is 0 Å². The van der Waals surface area contributed by atoms with Gasteiger partial charge in [-0.3, -0.25) is 14.4 Å². The van der Waals surface area contributed by atoms with E-state index in [4.69, 9.17) is 55.1 Å². The minimum Gasteiger partial charge on any atom is -0.394 e. The van der Waals surface area contributed by atoms with Crippen LogP contribution in [0.3, 0.4) is 0 Å². The summed E-state index contributed by atoms with van der Waals surface area (Å²) in [6, 6.07) is -4.65. The normalized spacial score (nSPS) is 41.0. The lowest BCUT2D eigenvalue weighted by molar-refractivity contribution is -0.313. The molecule has 0 bridgehead atoms. The SMILES string of the molecule is CC(=O)CC1CCSC1=O.COC1C(CO)OC(OC2C(CO)OC(C)C(N)C2O)C(N)C1O.COC1C(CO)OC(OC2C(CO)OC(C)C(NC(=O)C(CCS)NC(C)=O)C2O)C(N)C1O. The van der Waals surface area contributed by atoms with Gasteiger partial charge in [-0.25, -0.2) is 0 Å². The number of hydrogen-bond acceptors (Lipinski definition) is 25. The van der Waals surface area contributed by atoms with Gasteiger partial charge in [-0.15, -0.1) is 0 Å². The second kappa shape index (κ2) is 29.1. The quantitative estimate of drug-likeness (QED) is 0.0603. The Labute approximate surface area is 405 Å². The number of aliphatic hydroxyl groups is 8. The Morgan fingerprint density at radius 2 is 1.16 bits per heavy atom. The standard InChI is InChI=1S/C20H37N3O10S.C14H28N2O8.C7H10O2S/c1-8-14(23-19(29)10(4-5-34)22-9(2)26)16(28)18(12(7-25)31-8)33-20-13(21)15(27)17(30-3)11(6-24)32-20;1-5-8(15)10(19)13(7(4-18)22-5)24-14-9(16)11(20)12(21-2)6(3-17)23-14;1-5(8)4-6-2-3-10-7(6)9/h8,10-18,20,24-25,27-28,34H,4-7,21H2,1-3H3,(H,22,26)(H,23,29);5-14,17-20H,3-4,15-16H2,1-2H3;6H,2-4H2,1H3. The minimum absolute atomic E-state index is 0.0301. The van der Waals surface area contributed by atoms with E-state index in [2.05, 4.69) is 23.3 Å². The van der Waals surface area contributed by atoms with Crippen molar-refractivity contribution in [2.75, 3.05) is 52.2 Å². The fourth-order valence-electron chi connectivity index (χ4n) is 8.42. The third-order valence-corrected chi connectivity index (χ3v) is 13.6. The van der Waals surface area contributed by atoms with Gasteiger partial charge in [-0.2, -0.15) is 12.6 Å². The van der Waals surface area contributed by atoms with Gasteiger partial charge in [0.15, 0.2) is 17.7 Å². The van der Waals surface area contributed by atoms with Gasteiger partial charge in [0.25, 0.3) is 0 Å². The van der Waals surface area contributed by atoms with E-state index in [0.717, 1.165) is 12.2 Å². The van der Waals surface area contributed by atoms with Crippen molar-refractivity contribution in [3.05, 3.63) is 0 Å². The number of aliphatic hydroxyl groups excluding tert-OH is 8. The van der Waals surface area contributed by atoms with Crippen LogP contribution in [0, 0.1) is 5.92 Å². The zero-order valence-electron chi connectivity index (χ0n) is 39.1. The molecule has 396 valence electrons. The van der Waals surface area contributed by atoms with E-state index in [1.807, 2.05) is 0 Å². The Balaban J connectivity index is 0.000000310. The van der Waals surface area contributed by atoms with Crippen LogP contribution in [0.1, 0.15) is 47.0 Å². The Morgan fingerprint density at radius 3 is 1.56 bits per heavy atom. The molecule has 0 aliphatic carbocycles. The lowest BCUT2D eigenvalue weighted by atomic mass is 9.92. The summed E-state index contributed by atoms with van der Waals surface area (Å²) < 4.78 is 44.3. The third kappa shape index (κ3) is 15.9. The molecule has 27 heteroatoms. The molecular weight excluding hydrogens is 947 g/mol. The molecule has 22 atom stereocenters. The molecule has 16 N–H and O–H groups in total. The van der Waals surface area contributed by atoms with Crippen LogP contribution in [-0.4, -0.2) is 244 Å². The summed E-state index contributed by atoms with van der Waals surface area (Å²) in [7, 11) is 2.71. The number of nitrogens with two attached hydrogens (primary N) is 3. The third-order valence-electron chi connectivity index (χ3n) is 12.3. The van der Waals surface area contributed by atoms with E-state index in [1.54, 1.807) is 13.8 Å². The second-order valence-electron chi connectivity index (χ2n) is 17.2. The van der Waals surface area contributed by atoms with Gasteiger partial charge < -0.3 is 111 Å². The highest BCUT2D eigenvalue weighted by Gasteiger charge is 2.52. The predicted molar refractivity (Wildman–Crippen MR) is 243 cm³/mol. The smallest absolute Gasteiger partial charge is 0.243 e. The molecule has 2 amide bonds. The van der Waals surface area contributed by atoms with Gasteiger partial charge in [0.2, 0.25) is 11.8 Å². The highest BCUT2D eigenvalue weighted by molar-refractivity contribution is 8.14. The average molecular weight is 1020 g/mol. The van der Waals surface area contributed by atoms with Gasteiger partial charge in [-0.1, -0.05) is 11.8 Å². The second-order valence-corrected chi connectivity index (χ2v) is 18.8. The highest BCUT2D eigenvalue weighted by Crippen LogP contribution is 2.31. The Kier molecular flexibility index (Phi) is 25.9. The van der Waals surface area contributed by atoms with Crippen molar-refractivity contribution in [3.8, 4) is 0 Å². The number of amides is 2. The van der Waals surface area contributed by atoms with Crippen molar-refractivity contribution in [1.29, 1.82) is 0 Å². The fraction of sp³-hybridized carbons (Fsp3) is 0.902. The number of carbonyl (C=O) groups is 4. The number of carbonyl (C=O) groups excluding carboxylic acids is 4. The summed E-state index contributed by atoms with van der Waals surface area (Å²) in [5.74, 6) is 0.449. The van der Waals surface area contributed by atoms with Crippen molar-refractivity contribution in [1.82, 2.24) is 10.6 Å². The molecule has 0 radical (unpaired) electrons. The highest BCUT2D eigenvalue weighted by atomic mass is 32.2. The van der Waals surface area contributed by atoms with Crippen LogP contribution >= 0.6 is 24.4 Å². The maximum Gasteiger partial charge on any atom is 0.243 e. The van der Waals surface area contributed by atoms with Crippen LogP contribution in [0.25, 0.3) is 0 Å². The Bertz CT molecular complexity index is 1560.